The van der Waals surface area contributed by atoms with Gasteiger partial charge in [-0.1, -0.05) is 24.3 Å². The minimum absolute atomic E-state index is 0.0248. The van der Waals surface area contributed by atoms with Gasteiger partial charge in [-0.3, -0.25) is 14.5 Å². The molecule has 0 saturated carbocycles. The van der Waals surface area contributed by atoms with Crippen LogP contribution in [0.4, 0.5) is 22.4 Å². The van der Waals surface area contributed by atoms with Crippen molar-refractivity contribution in [1.82, 2.24) is 15.5 Å². The molecule has 4 amide bonds. The molecule has 7 nitrogen and oxygen atoms in total. The summed E-state index contributed by atoms with van der Waals surface area (Å²) in [4.78, 5) is 38.1. The number of imide groups is 1. The zero-order valence-electron chi connectivity index (χ0n) is 16.8. The number of carbonyl (C=O) groups excluding carboxylic acids is 3. The fourth-order valence-corrected chi connectivity index (χ4v) is 3.09. The molecule has 1 saturated heterocycles. The molecule has 1 aliphatic heterocycles. The van der Waals surface area contributed by atoms with Crippen molar-refractivity contribution in [3.8, 4) is 5.75 Å². The molecule has 32 heavy (non-hydrogen) atoms. The van der Waals surface area contributed by atoms with Gasteiger partial charge in [-0.15, -0.1) is 0 Å². The fraction of sp³-hybridized carbons (Fsp3) is 0.286. The van der Waals surface area contributed by atoms with Crippen molar-refractivity contribution in [3.05, 3.63) is 65.5 Å². The number of hydrogen-bond donors (Lipinski definition) is 2. The van der Waals surface area contributed by atoms with Gasteiger partial charge in [0, 0.05) is 6.54 Å². The number of carbonyl (C=O) groups is 3. The van der Waals surface area contributed by atoms with Crippen LogP contribution in [0.2, 0.25) is 0 Å². The Morgan fingerprint density at radius 2 is 1.72 bits per heavy atom. The molecule has 1 fully saturated rings. The summed E-state index contributed by atoms with van der Waals surface area (Å²) in [5.74, 6) is -1.74. The van der Waals surface area contributed by atoms with E-state index in [2.05, 4.69) is 15.4 Å². The van der Waals surface area contributed by atoms with Gasteiger partial charge in [0.1, 0.15) is 23.7 Å². The van der Waals surface area contributed by atoms with Gasteiger partial charge in [0.15, 0.2) is 6.61 Å². The van der Waals surface area contributed by atoms with Crippen molar-refractivity contribution in [2.45, 2.75) is 25.2 Å². The molecule has 2 N–H and O–H groups in total. The summed E-state index contributed by atoms with van der Waals surface area (Å²) >= 11 is 0. The number of rotatable bonds is 7. The normalized spacial score (nSPS) is 18.5. The first kappa shape index (κ1) is 23.0. The first-order valence-corrected chi connectivity index (χ1v) is 9.43. The highest BCUT2D eigenvalue weighted by atomic mass is 19.4. The average molecular weight is 453 g/mol. The zero-order valence-corrected chi connectivity index (χ0v) is 16.8. The standard InChI is InChI=1S/C21H19F4N3O4/c1-20(14-4-6-15(22)7-5-14)18(30)28(19(31)27-20)11-17(29)26-10-13-2-8-16(9-3-13)32-12-21(23,24)25/h2-9H,10-12H2,1H3,(H,26,29)(H,27,31)/t20-/m0/s1. The third-order valence-electron chi connectivity index (χ3n) is 4.81. The number of alkyl halides is 3. The number of benzene rings is 2. The first-order valence-electron chi connectivity index (χ1n) is 9.43. The molecule has 0 aromatic heterocycles. The van der Waals surface area contributed by atoms with Crippen molar-refractivity contribution in [2.24, 2.45) is 0 Å². The van der Waals surface area contributed by atoms with Gasteiger partial charge in [-0.25, -0.2) is 9.18 Å². The topological polar surface area (TPSA) is 87.7 Å². The van der Waals surface area contributed by atoms with Crippen LogP contribution in [-0.4, -0.2) is 42.1 Å². The Hall–Kier alpha value is -3.63. The Morgan fingerprint density at radius 1 is 1.09 bits per heavy atom. The van der Waals surface area contributed by atoms with Crippen molar-refractivity contribution in [3.63, 3.8) is 0 Å². The second-order valence-electron chi connectivity index (χ2n) is 7.28. The van der Waals surface area contributed by atoms with E-state index in [1.54, 1.807) is 0 Å². The second kappa shape index (κ2) is 8.85. The molecule has 170 valence electrons. The lowest BCUT2D eigenvalue weighted by Gasteiger charge is -2.22. The molecule has 0 aliphatic carbocycles. The van der Waals surface area contributed by atoms with Crippen LogP contribution in [-0.2, 0) is 21.7 Å². The molecule has 1 atom stereocenters. The van der Waals surface area contributed by atoms with E-state index in [9.17, 15) is 31.9 Å². The van der Waals surface area contributed by atoms with E-state index in [-0.39, 0.29) is 12.3 Å². The highest BCUT2D eigenvalue weighted by Gasteiger charge is 2.49. The number of amides is 4. The monoisotopic (exact) mass is 453 g/mol. The molecule has 11 heteroatoms. The quantitative estimate of drug-likeness (QED) is 0.499. The Bertz CT molecular complexity index is 1010. The predicted molar refractivity (Wildman–Crippen MR) is 104 cm³/mol. The maximum atomic E-state index is 13.2. The van der Waals surface area contributed by atoms with Crippen LogP contribution in [0.1, 0.15) is 18.1 Å². The van der Waals surface area contributed by atoms with Crippen LogP contribution in [0.25, 0.3) is 0 Å². The van der Waals surface area contributed by atoms with Gasteiger partial charge in [0.05, 0.1) is 0 Å². The predicted octanol–water partition coefficient (Wildman–Crippen LogP) is 2.85. The van der Waals surface area contributed by atoms with E-state index >= 15 is 0 Å². The number of urea groups is 1. The van der Waals surface area contributed by atoms with Crippen molar-refractivity contribution >= 4 is 17.8 Å². The van der Waals surface area contributed by atoms with Crippen LogP contribution in [0.5, 0.6) is 5.75 Å². The molecule has 1 aliphatic rings. The highest BCUT2D eigenvalue weighted by Crippen LogP contribution is 2.28. The number of halogens is 4. The van der Waals surface area contributed by atoms with Gasteiger partial charge in [0.2, 0.25) is 5.91 Å². The summed E-state index contributed by atoms with van der Waals surface area (Å²) in [6.07, 6.45) is -4.45. The van der Waals surface area contributed by atoms with Crippen LogP contribution in [0.3, 0.4) is 0 Å². The Balaban J connectivity index is 1.55. The average Bonchev–Trinajstić information content (AvgIpc) is 2.95. The maximum Gasteiger partial charge on any atom is 0.422 e. The second-order valence-corrected chi connectivity index (χ2v) is 7.28. The van der Waals surface area contributed by atoms with Gasteiger partial charge in [-0.05, 0) is 42.3 Å². The first-order chi connectivity index (χ1) is 15.0. The molecule has 0 radical (unpaired) electrons. The largest absolute Gasteiger partial charge is 0.484 e. The molecule has 0 unspecified atom stereocenters. The van der Waals surface area contributed by atoms with E-state index in [1.165, 1.54) is 43.3 Å². The van der Waals surface area contributed by atoms with Gasteiger partial charge < -0.3 is 15.4 Å². The molecule has 1 heterocycles. The zero-order chi connectivity index (χ0) is 23.5. The summed E-state index contributed by atoms with van der Waals surface area (Å²) in [6, 6.07) is 9.93. The van der Waals surface area contributed by atoms with Crippen LogP contribution >= 0.6 is 0 Å². The number of ether oxygens (including phenoxy) is 1. The van der Waals surface area contributed by atoms with Crippen molar-refractivity contribution < 1.29 is 36.7 Å². The van der Waals surface area contributed by atoms with Crippen molar-refractivity contribution in [1.29, 1.82) is 0 Å². The third kappa shape index (κ3) is 5.34. The SMILES string of the molecule is C[C@@]1(c2ccc(F)cc2)NC(=O)N(CC(=O)NCc2ccc(OCC(F)(F)F)cc2)C1=O. The molecule has 0 bridgehead atoms. The Labute approximate surface area is 180 Å². The van der Waals surface area contributed by atoms with Crippen LogP contribution in [0.15, 0.2) is 48.5 Å². The van der Waals surface area contributed by atoms with Gasteiger partial charge in [0.25, 0.3) is 5.91 Å². The smallest absolute Gasteiger partial charge is 0.422 e. The van der Waals surface area contributed by atoms with E-state index in [0.29, 0.717) is 11.1 Å². The molecule has 2 aromatic rings. The number of nitrogens with zero attached hydrogens (tertiary/aromatic N) is 1. The maximum absolute atomic E-state index is 13.2. The molecular formula is C21H19F4N3O4. The number of nitrogens with one attached hydrogen (secondary N) is 2. The minimum atomic E-state index is -4.45. The number of hydrogen-bond acceptors (Lipinski definition) is 4. The Morgan fingerprint density at radius 3 is 2.31 bits per heavy atom. The lowest BCUT2D eigenvalue weighted by atomic mass is 9.92. The van der Waals surface area contributed by atoms with E-state index in [0.717, 1.165) is 17.0 Å². The fourth-order valence-electron chi connectivity index (χ4n) is 3.09. The molecule has 3 rings (SSSR count). The third-order valence-corrected chi connectivity index (χ3v) is 4.81. The summed E-state index contributed by atoms with van der Waals surface area (Å²) in [7, 11) is 0. The molecule has 0 spiro atoms. The lowest BCUT2D eigenvalue weighted by molar-refractivity contribution is -0.153. The summed E-state index contributed by atoms with van der Waals surface area (Å²) in [6.45, 7) is -0.460. The molecule has 2 aromatic carbocycles. The Kier molecular flexibility index (Phi) is 6.37. The van der Waals surface area contributed by atoms with E-state index < -0.39 is 48.5 Å². The highest BCUT2D eigenvalue weighted by molar-refractivity contribution is 6.09. The van der Waals surface area contributed by atoms with E-state index in [1.807, 2.05) is 0 Å². The van der Waals surface area contributed by atoms with Gasteiger partial charge >= 0.3 is 12.2 Å². The van der Waals surface area contributed by atoms with Gasteiger partial charge in [-0.2, -0.15) is 13.2 Å². The van der Waals surface area contributed by atoms with Crippen LogP contribution in [0, 0.1) is 5.82 Å². The van der Waals surface area contributed by atoms with Crippen LogP contribution < -0.4 is 15.4 Å². The minimum Gasteiger partial charge on any atom is -0.484 e. The summed E-state index contributed by atoms with van der Waals surface area (Å²) in [5.41, 5.74) is -0.490. The molecular weight excluding hydrogens is 434 g/mol. The summed E-state index contributed by atoms with van der Waals surface area (Å²) in [5, 5.41) is 5.05. The van der Waals surface area contributed by atoms with E-state index in [4.69, 9.17) is 0 Å². The summed E-state index contributed by atoms with van der Waals surface area (Å²) < 4.78 is 54.3. The lowest BCUT2D eigenvalue weighted by Crippen LogP contribution is -2.43. The van der Waals surface area contributed by atoms with Crippen molar-refractivity contribution in [2.75, 3.05) is 13.2 Å².